The van der Waals surface area contributed by atoms with Gasteiger partial charge in [0.05, 0.1) is 13.2 Å². The molecule has 1 amide bonds. The Balaban J connectivity index is 1.55. The standard InChI is InChI=1S/C22H32N4O2/c1-24-13-15-26(16-14-24)21(20-5-4-12-25(20)2)17-23-22(27)11-8-18-6-9-19(28-3)10-7-18/h4-7,9-10,12,21H,8,11,13-17H2,1-3H3,(H,23,27). The van der Waals surface area contributed by atoms with Gasteiger partial charge in [-0.05, 0) is 43.3 Å². The van der Waals surface area contributed by atoms with Crippen LogP contribution in [0.15, 0.2) is 42.6 Å². The van der Waals surface area contributed by atoms with E-state index >= 15 is 0 Å². The number of aromatic nitrogens is 1. The summed E-state index contributed by atoms with van der Waals surface area (Å²) >= 11 is 0. The van der Waals surface area contributed by atoms with E-state index in [9.17, 15) is 4.79 Å². The second-order valence-electron chi connectivity index (χ2n) is 7.55. The van der Waals surface area contributed by atoms with E-state index in [1.54, 1.807) is 7.11 Å². The lowest BCUT2D eigenvalue weighted by Crippen LogP contribution is -2.48. The number of piperazine rings is 1. The van der Waals surface area contributed by atoms with Crippen LogP contribution in [-0.4, -0.2) is 67.2 Å². The van der Waals surface area contributed by atoms with Crippen molar-refractivity contribution in [3.8, 4) is 5.75 Å². The fraction of sp³-hybridized carbons (Fsp3) is 0.500. The van der Waals surface area contributed by atoms with Crippen molar-refractivity contribution in [3.63, 3.8) is 0 Å². The van der Waals surface area contributed by atoms with E-state index in [-0.39, 0.29) is 11.9 Å². The number of nitrogens with zero attached hydrogens (tertiary/aromatic N) is 3. The van der Waals surface area contributed by atoms with Gasteiger partial charge in [-0.25, -0.2) is 0 Å². The molecule has 1 aromatic heterocycles. The minimum atomic E-state index is 0.101. The Bertz CT molecular complexity index is 748. The van der Waals surface area contributed by atoms with Gasteiger partial charge in [0.2, 0.25) is 5.91 Å². The zero-order chi connectivity index (χ0) is 19.9. The zero-order valence-electron chi connectivity index (χ0n) is 17.2. The van der Waals surface area contributed by atoms with Gasteiger partial charge in [-0.15, -0.1) is 0 Å². The first kappa shape index (κ1) is 20.4. The Labute approximate surface area is 168 Å². The van der Waals surface area contributed by atoms with Crippen molar-refractivity contribution in [3.05, 3.63) is 53.9 Å². The first-order chi connectivity index (χ1) is 13.6. The molecule has 2 heterocycles. The minimum Gasteiger partial charge on any atom is -0.497 e. The van der Waals surface area contributed by atoms with Gasteiger partial charge in [0, 0.05) is 58.1 Å². The molecule has 0 aliphatic carbocycles. The van der Waals surface area contributed by atoms with Crippen LogP contribution in [0.3, 0.4) is 0 Å². The van der Waals surface area contributed by atoms with E-state index in [2.05, 4.69) is 52.1 Å². The molecule has 6 nitrogen and oxygen atoms in total. The number of carbonyl (C=O) groups excluding carboxylic acids is 1. The molecule has 0 bridgehead atoms. The van der Waals surface area contributed by atoms with Crippen LogP contribution in [0, 0.1) is 0 Å². The Morgan fingerprint density at radius 3 is 2.43 bits per heavy atom. The largest absolute Gasteiger partial charge is 0.497 e. The SMILES string of the molecule is COc1ccc(CCC(=O)NCC(c2cccn2C)N2CCN(C)CC2)cc1. The van der Waals surface area contributed by atoms with E-state index in [4.69, 9.17) is 4.74 Å². The number of nitrogens with one attached hydrogen (secondary N) is 1. The number of hydrogen-bond acceptors (Lipinski definition) is 4. The van der Waals surface area contributed by atoms with Gasteiger partial charge in [-0.3, -0.25) is 9.69 Å². The van der Waals surface area contributed by atoms with Gasteiger partial charge in [-0.2, -0.15) is 0 Å². The van der Waals surface area contributed by atoms with Crippen LogP contribution in [0.4, 0.5) is 0 Å². The average Bonchev–Trinajstić information content (AvgIpc) is 3.14. The molecule has 6 heteroatoms. The summed E-state index contributed by atoms with van der Waals surface area (Å²) in [5, 5.41) is 3.17. The van der Waals surface area contributed by atoms with Gasteiger partial charge < -0.3 is 19.5 Å². The molecule has 1 N–H and O–H groups in total. The highest BCUT2D eigenvalue weighted by Gasteiger charge is 2.25. The molecule has 0 spiro atoms. The highest BCUT2D eigenvalue weighted by molar-refractivity contribution is 5.76. The maximum atomic E-state index is 12.5. The van der Waals surface area contributed by atoms with Gasteiger partial charge in [-0.1, -0.05) is 12.1 Å². The van der Waals surface area contributed by atoms with E-state index in [0.29, 0.717) is 13.0 Å². The predicted octanol–water partition coefficient (Wildman–Crippen LogP) is 2.07. The molecule has 1 aliphatic heterocycles. The molecule has 0 radical (unpaired) electrons. The van der Waals surface area contributed by atoms with E-state index < -0.39 is 0 Å². The first-order valence-corrected chi connectivity index (χ1v) is 10.0. The average molecular weight is 385 g/mol. The maximum absolute atomic E-state index is 12.5. The lowest BCUT2D eigenvalue weighted by Gasteiger charge is -2.38. The maximum Gasteiger partial charge on any atom is 0.220 e. The Morgan fingerprint density at radius 1 is 1.11 bits per heavy atom. The molecule has 1 unspecified atom stereocenters. The van der Waals surface area contributed by atoms with Crippen LogP contribution in [0.2, 0.25) is 0 Å². The number of benzene rings is 1. The van der Waals surface area contributed by atoms with Crippen LogP contribution in [0.25, 0.3) is 0 Å². The number of likely N-dealkylation sites (N-methyl/N-ethyl adjacent to an activating group) is 1. The molecule has 1 aliphatic rings. The van der Waals surface area contributed by atoms with Crippen molar-refractivity contribution >= 4 is 5.91 Å². The lowest BCUT2D eigenvalue weighted by molar-refractivity contribution is -0.121. The van der Waals surface area contributed by atoms with Crippen LogP contribution in [0.1, 0.15) is 23.7 Å². The number of hydrogen-bond donors (Lipinski definition) is 1. The number of ether oxygens (including phenoxy) is 1. The summed E-state index contributed by atoms with van der Waals surface area (Å²) in [6.07, 6.45) is 3.30. The number of carbonyl (C=O) groups is 1. The van der Waals surface area contributed by atoms with Crippen molar-refractivity contribution in [1.82, 2.24) is 19.7 Å². The van der Waals surface area contributed by atoms with Crippen LogP contribution in [0.5, 0.6) is 5.75 Å². The molecule has 1 saturated heterocycles. The third-order valence-electron chi connectivity index (χ3n) is 5.60. The molecule has 1 aromatic carbocycles. The summed E-state index contributed by atoms with van der Waals surface area (Å²) in [5.41, 5.74) is 2.40. The summed E-state index contributed by atoms with van der Waals surface area (Å²) in [5.74, 6) is 0.940. The van der Waals surface area contributed by atoms with Crippen LogP contribution in [-0.2, 0) is 18.3 Å². The molecule has 152 valence electrons. The summed E-state index contributed by atoms with van der Waals surface area (Å²) in [7, 11) is 5.89. The molecule has 1 atom stereocenters. The third-order valence-corrected chi connectivity index (χ3v) is 5.60. The van der Waals surface area contributed by atoms with Crippen LogP contribution >= 0.6 is 0 Å². The summed E-state index contributed by atoms with van der Waals surface area (Å²) < 4.78 is 7.34. The predicted molar refractivity (Wildman–Crippen MR) is 112 cm³/mol. The van der Waals surface area contributed by atoms with Crippen molar-refractivity contribution in [2.75, 3.05) is 46.9 Å². The number of rotatable bonds is 8. The Kier molecular flexibility index (Phi) is 7.12. The summed E-state index contributed by atoms with van der Waals surface area (Å²) in [6.45, 7) is 4.81. The highest BCUT2D eigenvalue weighted by Crippen LogP contribution is 2.22. The molecular formula is C22H32N4O2. The second kappa shape index (κ2) is 9.75. The molecule has 1 fully saturated rings. The van der Waals surface area contributed by atoms with E-state index in [1.807, 2.05) is 24.3 Å². The second-order valence-corrected chi connectivity index (χ2v) is 7.55. The number of methoxy groups -OCH3 is 1. The highest BCUT2D eigenvalue weighted by atomic mass is 16.5. The monoisotopic (exact) mass is 384 g/mol. The lowest BCUT2D eigenvalue weighted by atomic mass is 10.1. The summed E-state index contributed by atoms with van der Waals surface area (Å²) in [6, 6.07) is 12.3. The molecule has 3 rings (SSSR count). The van der Waals surface area contributed by atoms with Gasteiger partial charge >= 0.3 is 0 Å². The molecule has 28 heavy (non-hydrogen) atoms. The van der Waals surface area contributed by atoms with Crippen molar-refractivity contribution in [2.24, 2.45) is 7.05 Å². The van der Waals surface area contributed by atoms with Crippen molar-refractivity contribution < 1.29 is 9.53 Å². The molecule has 0 saturated carbocycles. The normalized spacial score (nSPS) is 16.7. The van der Waals surface area contributed by atoms with E-state index in [0.717, 1.165) is 43.9 Å². The van der Waals surface area contributed by atoms with E-state index in [1.165, 1.54) is 5.69 Å². The number of amides is 1. The Morgan fingerprint density at radius 2 is 1.82 bits per heavy atom. The quantitative estimate of drug-likeness (QED) is 0.757. The fourth-order valence-electron chi connectivity index (χ4n) is 3.72. The fourth-order valence-corrected chi connectivity index (χ4v) is 3.72. The smallest absolute Gasteiger partial charge is 0.220 e. The third kappa shape index (κ3) is 5.36. The first-order valence-electron chi connectivity index (χ1n) is 10.0. The van der Waals surface area contributed by atoms with Crippen LogP contribution < -0.4 is 10.1 Å². The minimum absolute atomic E-state index is 0.101. The van der Waals surface area contributed by atoms with Gasteiger partial charge in [0.1, 0.15) is 5.75 Å². The summed E-state index contributed by atoms with van der Waals surface area (Å²) in [4.78, 5) is 17.3. The topological polar surface area (TPSA) is 49.7 Å². The number of aryl methyl sites for hydroxylation is 2. The van der Waals surface area contributed by atoms with Gasteiger partial charge in [0.15, 0.2) is 0 Å². The Hall–Kier alpha value is -2.31. The van der Waals surface area contributed by atoms with Crippen molar-refractivity contribution in [2.45, 2.75) is 18.9 Å². The van der Waals surface area contributed by atoms with Gasteiger partial charge in [0.25, 0.3) is 0 Å². The van der Waals surface area contributed by atoms with Crippen molar-refractivity contribution in [1.29, 1.82) is 0 Å². The zero-order valence-corrected chi connectivity index (χ0v) is 17.2. The molecular weight excluding hydrogens is 352 g/mol. The molecule has 2 aromatic rings.